The Labute approximate surface area is 69.7 Å². The lowest BCUT2D eigenvalue weighted by molar-refractivity contribution is 0.418. The monoisotopic (exact) mass is 153 g/mol. The van der Waals surface area contributed by atoms with Gasteiger partial charge in [-0.25, -0.2) is 0 Å². The number of hydrogen-bond acceptors (Lipinski definition) is 1. The van der Waals surface area contributed by atoms with Crippen molar-refractivity contribution < 1.29 is 0 Å². The van der Waals surface area contributed by atoms with Gasteiger partial charge in [0.15, 0.2) is 0 Å². The summed E-state index contributed by atoms with van der Waals surface area (Å²) >= 11 is 0. The summed E-state index contributed by atoms with van der Waals surface area (Å²) in [7, 11) is 0. The van der Waals surface area contributed by atoms with Crippen LogP contribution in [0.5, 0.6) is 0 Å². The standard InChI is InChI=1S/C10H19N/c1-9(11)7-8-10-5-3-2-4-6-10/h7-10H,2-6,11H2,1H3/b8-7+/t9-/m0/s1. The fraction of sp³-hybridized carbons (Fsp3) is 0.800. The maximum atomic E-state index is 5.62. The average molecular weight is 153 g/mol. The SMILES string of the molecule is C[C@H](N)/C=C/C1CCCCC1. The van der Waals surface area contributed by atoms with Crippen LogP contribution in [0.25, 0.3) is 0 Å². The number of hydrogen-bond donors (Lipinski definition) is 1. The molecule has 1 rings (SSSR count). The van der Waals surface area contributed by atoms with Crippen LogP contribution >= 0.6 is 0 Å². The van der Waals surface area contributed by atoms with Gasteiger partial charge in [-0.1, -0.05) is 31.4 Å². The molecular formula is C10H19N. The fourth-order valence-electron chi connectivity index (χ4n) is 1.66. The predicted octanol–water partition coefficient (Wildman–Crippen LogP) is 2.47. The van der Waals surface area contributed by atoms with E-state index in [1.807, 2.05) is 6.92 Å². The molecule has 0 aromatic carbocycles. The summed E-state index contributed by atoms with van der Waals surface area (Å²) < 4.78 is 0. The lowest BCUT2D eigenvalue weighted by Gasteiger charge is -2.17. The molecule has 11 heavy (non-hydrogen) atoms. The van der Waals surface area contributed by atoms with Gasteiger partial charge in [0.1, 0.15) is 0 Å². The Hall–Kier alpha value is -0.300. The van der Waals surface area contributed by atoms with Gasteiger partial charge in [-0.3, -0.25) is 0 Å². The summed E-state index contributed by atoms with van der Waals surface area (Å²) in [6.45, 7) is 2.03. The molecule has 0 amide bonds. The van der Waals surface area contributed by atoms with Crippen molar-refractivity contribution >= 4 is 0 Å². The Morgan fingerprint density at radius 1 is 1.27 bits per heavy atom. The van der Waals surface area contributed by atoms with Crippen LogP contribution in [0.15, 0.2) is 12.2 Å². The van der Waals surface area contributed by atoms with Gasteiger partial charge in [0.25, 0.3) is 0 Å². The second-order valence-corrected chi connectivity index (χ2v) is 3.64. The molecule has 0 bridgehead atoms. The molecule has 1 heteroatoms. The first-order valence-electron chi connectivity index (χ1n) is 4.73. The van der Waals surface area contributed by atoms with Crippen LogP contribution in [0.3, 0.4) is 0 Å². The van der Waals surface area contributed by atoms with Crippen molar-refractivity contribution in [2.24, 2.45) is 11.7 Å². The van der Waals surface area contributed by atoms with Crippen LogP contribution in [0, 0.1) is 5.92 Å². The molecule has 1 aliphatic rings. The lowest BCUT2D eigenvalue weighted by Crippen LogP contribution is -2.12. The van der Waals surface area contributed by atoms with Crippen molar-refractivity contribution in [2.75, 3.05) is 0 Å². The van der Waals surface area contributed by atoms with Crippen molar-refractivity contribution in [3.63, 3.8) is 0 Å². The molecule has 0 aliphatic heterocycles. The number of rotatable bonds is 2. The van der Waals surface area contributed by atoms with Crippen LogP contribution in [-0.2, 0) is 0 Å². The molecule has 0 aromatic rings. The van der Waals surface area contributed by atoms with Crippen molar-refractivity contribution in [1.82, 2.24) is 0 Å². The summed E-state index contributed by atoms with van der Waals surface area (Å²) in [5, 5.41) is 0. The third-order valence-electron chi connectivity index (χ3n) is 2.34. The van der Waals surface area contributed by atoms with Crippen LogP contribution in [0.4, 0.5) is 0 Å². The molecular weight excluding hydrogens is 134 g/mol. The molecule has 0 heterocycles. The Kier molecular flexibility index (Phi) is 3.64. The highest BCUT2D eigenvalue weighted by atomic mass is 14.6. The molecule has 0 unspecified atom stereocenters. The highest BCUT2D eigenvalue weighted by Gasteiger charge is 2.09. The van der Waals surface area contributed by atoms with Crippen molar-refractivity contribution in [1.29, 1.82) is 0 Å². The lowest BCUT2D eigenvalue weighted by atomic mass is 9.89. The third kappa shape index (κ3) is 3.57. The molecule has 0 saturated heterocycles. The van der Waals surface area contributed by atoms with E-state index >= 15 is 0 Å². The number of allylic oxidation sites excluding steroid dienone is 1. The van der Waals surface area contributed by atoms with Crippen LogP contribution in [0.2, 0.25) is 0 Å². The number of nitrogens with two attached hydrogens (primary N) is 1. The topological polar surface area (TPSA) is 26.0 Å². The van der Waals surface area contributed by atoms with E-state index in [2.05, 4.69) is 12.2 Å². The normalized spacial score (nSPS) is 24.2. The van der Waals surface area contributed by atoms with E-state index in [0.29, 0.717) is 0 Å². The van der Waals surface area contributed by atoms with E-state index in [9.17, 15) is 0 Å². The quantitative estimate of drug-likeness (QED) is 0.606. The zero-order valence-corrected chi connectivity index (χ0v) is 7.42. The molecule has 2 N–H and O–H groups in total. The Morgan fingerprint density at radius 3 is 2.45 bits per heavy atom. The third-order valence-corrected chi connectivity index (χ3v) is 2.34. The predicted molar refractivity (Wildman–Crippen MR) is 49.4 cm³/mol. The molecule has 0 spiro atoms. The van der Waals surface area contributed by atoms with Crippen LogP contribution < -0.4 is 5.73 Å². The Balaban J connectivity index is 2.23. The molecule has 1 nitrogen and oxygen atoms in total. The second-order valence-electron chi connectivity index (χ2n) is 3.64. The molecule has 0 radical (unpaired) electrons. The van der Waals surface area contributed by atoms with Gasteiger partial charge in [0.05, 0.1) is 0 Å². The van der Waals surface area contributed by atoms with E-state index < -0.39 is 0 Å². The summed E-state index contributed by atoms with van der Waals surface area (Å²) in [5.41, 5.74) is 5.62. The smallest absolute Gasteiger partial charge is 0.0194 e. The highest BCUT2D eigenvalue weighted by Crippen LogP contribution is 2.24. The molecule has 1 aliphatic carbocycles. The van der Waals surface area contributed by atoms with Gasteiger partial charge in [0, 0.05) is 6.04 Å². The summed E-state index contributed by atoms with van der Waals surface area (Å²) in [5.74, 6) is 0.828. The fourth-order valence-corrected chi connectivity index (χ4v) is 1.66. The van der Waals surface area contributed by atoms with Gasteiger partial charge >= 0.3 is 0 Å². The largest absolute Gasteiger partial charge is 0.325 e. The Bertz CT molecular complexity index is 121. The van der Waals surface area contributed by atoms with E-state index in [1.165, 1.54) is 32.1 Å². The average Bonchev–Trinajstić information content (AvgIpc) is 2.03. The van der Waals surface area contributed by atoms with Gasteiger partial charge in [-0.2, -0.15) is 0 Å². The summed E-state index contributed by atoms with van der Waals surface area (Å²) in [4.78, 5) is 0. The molecule has 1 atom stereocenters. The maximum absolute atomic E-state index is 5.62. The minimum Gasteiger partial charge on any atom is -0.325 e. The van der Waals surface area contributed by atoms with Gasteiger partial charge in [0.2, 0.25) is 0 Å². The zero-order valence-electron chi connectivity index (χ0n) is 7.42. The van der Waals surface area contributed by atoms with Crippen molar-refractivity contribution in [3.05, 3.63) is 12.2 Å². The van der Waals surface area contributed by atoms with E-state index in [-0.39, 0.29) is 6.04 Å². The Morgan fingerprint density at radius 2 is 1.91 bits per heavy atom. The van der Waals surface area contributed by atoms with E-state index in [1.54, 1.807) is 0 Å². The zero-order chi connectivity index (χ0) is 8.10. The maximum Gasteiger partial charge on any atom is 0.0194 e. The minimum absolute atomic E-state index is 0.233. The van der Waals surface area contributed by atoms with E-state index in [0.717, 1.165) is 5.92 Å². The first kappa shape index (κ1) is 8.79. The van der Waals surface area contributed by atoms with Gasteiger partial charge in [-0.05, 0) is 25.7 Å². The first-order chi connectivity index (χ1) is 5.29. The highest BCUT2D eigenvalue weighted by molar-refractivity contribution is 4.94. The minimum atomic E-state index is 0.233. The second kappa shape index (κ2) is 4.55. The molecule has 1 saturated carbocycles. The van der Waals surface area contributed by atoms with Crippen LogP contribution in [0.1, 0.15) is 39.0 Å². The van der Waals surface area contributed by atoms with Gasteiger partial charge < -0.3 is 5.73 Å². The van der Waals surface area contributed by atoms with Gasteiger partial charge in [-0.15, -0.1) is 0 Å². The van der Waals surface area contributed by atoms with Crippen LogP contribution in [-0.4, -0.2) is 6.04 Å². The first-order valence-corrected chi connectivity index (χ1v) is 4.73. The van der Waals surface area contributed by atoms with Crippen molar-refractivity contribution in [3.8, 4) is 0 Å². The molecule has 64 valence electrons. The van der Waals surface area contributed by atoms with E-state index in [4.69, 9.17) is 5.73 Å². The molecule has 0 aromatic heterocycles. The van der Waals surface area contributed by atoms with Crippen molar-refractivity contribution in [2.45, 2.75) is 45.1 Å². The summed E-state index contributed by atoms with van der Waals surface area (Å²) in [6.07, 6.45) is 11.5. The summed E-state index contributed by atoms with van der Waals surface area (Å²) in [6, 6.07) is 0.233. The molecule has 1 fully saturated rings.